The molecular weight excluding hydrogens is 284 g/mol. The summed E-state index contributed by atoms with van der Waals surface area (Å²) in [6, 6.07) is 5.52. The Morgan fingerprint density at radius 2 is 2.14 bits per heavy atom. The zero-order valence-corrected chi connectivity index (χ0v) is 12.3. The number of imidazole rings is 1. The number of carbonyl (C=O) groups excluding carboxylic acids is 2. The smallest absolute Gasteiger partial charge is 0.407 e. The van der Waals surface area contributed by atoms with Gasteiger partial charge in [-0.2, -0.15) is 0 Å². The van der Waals surface area contributed by atoms with Crippen LogP contribution in [0.4, 0.5) is 4.79 Å². The van der Waals surface area contributed by atoms with Gasteiger partial charge in [0, 0.05) is 24.7 Å². The number of methoxy groups -OCH3 is 1. The molecule has 22 heavy (non-hydrogen) atoms. The lowest BCUT2D eigenvalue weighted by Gasteiger charge is -2.32. The Labute approximate surface area is 127 Å². The monoisotopic (exact) mass is 302 g/mol. The van der Waals surface area contributed by atoms with Crippen LogP contribution in [0.15, 0.2) is 24.5 Å². The number of aromatic amines is 1. The van der Waals surface area contributed by atoms with Crippen molar-refractivity contribution >= 4 is 23.0 Å². The van der Waals surface area contributed by atoms with E-state index < -0.39 is 6.09 Å². The van der Waals surface area contributed by atoms with Crippen molar-refractivity contribution < 1.29 is 14.3 Å². The molecule has 0 atom stereocenters. The summed E-state index contributed by atoms with van der Waals surface area (Å²) in [5.74, 6) is 0.00742. The van der Waals surface area contributed by atoms with Gasteiger partial charge in [-0.3, -0.25) is 4.79 Å². The first kappa shape index (κ1) is 14.4. The van der Waals surface area contributed by atoms with Gasteiger partial charge in [-0.15, -0.1) is 0 Å². The molecule has 2 N–H and O–H groups in total. The molecule has 7 heteroatoms. The van der Waals surface area contributed by atoms with Gasteiger partial charge >= 0.3 is 6.09 Å². The lowest BCUT2D eigenvalue weighted by atomic mass is 10.0. The number of hydrogen-bond donors (Lipinski definition) is 2. The number of H-pyrrole nitrogens is 1. The van der Waals surface area contributed by atoms with E-state index in [1.807, 2.05) is 17.0 Å². The minimum atomic E-state index is -0.422. The van der Waals surface area contributed by atoms with Crippen LogP contribution in [0.1, 0.15) is 23.2 Å². The third-order valence-electron chi connectivity index (χ3n) is 3.96. The molecule has 2 aromatic rings. The second-order valence-corrected chi connectivity index (χ2v) is 5.34. The number of alkyl carbamates (subject to hydrolysis) is 1. The van der Waals surface area contributed by atoms with Crippen molar-refractivity contribution in [3.8, 4) is 0 Å². The molecule has 0 saturated carbocycles. The van der Waals surface area contributed by atoms with Crippen molar-refractivity contribution in [3.05, 3.63) is 30.1 Å². The molecule has 3 rings (SSSR count). The summed E-state index contributed by atoms with van der Waals surface area (Å²) in [4.78, 5) is 32.7. The van der Waals surface area contributed by atoms with Crippen LogP contribution >= 0.6 is 0 Å². The van der Waals surface area contributed by atoms with E-state index in [0.29, 0.717) is 18.7 Å². The van der Waals surface area contributed by atoms with Crippen LogP contribution in [0, 0.1) is 0 Å². The van der Waals surface area contributed by atoms with Crippen molar-refractivity contribution in [2.75, 3.05) is 20.2 Å². The fourth-order valence-electron chi connectivity index (χ4n) is 2.70. The SMILES string of the molecule is COC(=O)NC1CCN(C(=O)c2ccc3nc[nH]c3c2)CC1. The van der Waals surface area contributed by atoms with Crippen LogP contribution < -0.4 is 5.32 Å². The number of amides is 2. The third kappa shape index (κ3) is 2.88. The molecule has 0 aliphatic carbocycles. The summed E-state index contributed by atoms with van der Waals surface area (Å²) in [6.07, 6.45) is 2.65. The first-order valence-corrected chi connectivity index (χ1v) is 7.24. The average Bonchev–Trinajstić information content (AvgIpc) is 3.02. The Morgan fingerprint density at radius 3 is 2.86 bits per heavy atom. The van der Waals surface area contributed by atoms with Crippen LogP contribution in [0.2, 0.25) is 0 Å². The topological polar surface area (TPSA) is 87.3 Å². The lowest BCUT2D eigenvalue weighted by Crippen LogP contribution is -2.46. The predicted octanol–water partition coefficient (Wildman–Crippen LogP) is 1.52. The molecule has 2 heterocycles. The van der Waals surface area contributed by atoms with E-state index in [-0.39, 0.29) is 11.9 Å². The molecule has 7 nitrogen and oxygen atoms in total. The molecular formula is C15H18N4O3. The number of nitrogens with zero attached hydrogens (tertiary/aromatic N) is 2. The summed E-state index contributed by atoms with van der Waals surface area (Å²) in [5.41, 5.74) is 2.35. The molecule has 0 radical (unpaired) electrons. The number of carbonyl (C=O) groups is 2. The van der Waals surface area contributed by atoms with Gasteiger partial charge < -0.3 is 19.9 Å². The molecule has 0 unspecified atom stereocenters. The number of aromatic nitrogens is 2. The first-order chi connectivity index (χ1) is 10.7. The second kappa shape index (κ2) is 6.05. The van der Waals surface area contributed by atoms with E-state index >= 15 is 0 Å². The van der Waals surface area contributed by atoms with Crippen LogP contribution in [-0.2, 0) is 4.74 Å². The van der Waals surface area contributed by atoms with Crippen molar-refractivity contribution in [2.24, 2.45) is 0 Å². The summed E-state index contributed by atoms with van der Waals surface area (Å²) in [6.45, 7) is 1.24. The number of piperidine rings is 1. The third-order valence-corrected chi connectivity index (χ3v) is 3.96. The maximum atomic E-state index is 12.5. The van der Waals surface area contributed by atoms with Crippen molar-refractivity contribution in [3.63, 3.8) is 0 Å². The van der Waals surface area contributed by atoms with Crippen molar-refractivity contribution in [2.45, 2.75) is 18.9 Å². The molecule has 0 spiro atoms. The van der Waals surface area contributed by atoms with E-state index in [2.05, 4.69) is 20.0 Å². The number of rotatable bonds is 2. The molecule has 1 fully saturated rings. The predicted molar refractivity (Wildman–Crippen MR) is 80.6 cm³/mol. The second-order valence-electron chi connectivity index (χ2n) is 5.34. The summed E-state index contributed by atoms with van der Waals surface area (Å²) in [5, 5.41) is 2.78. The fraction of sp³-hybridized carbons (Fsp3) is 0.400. The zero-order valence-electron chi connectivity index (χ0n) is 12.3. The molecule has 0 bridgehead atoms. The van der Waals surface area contributed by atoms with Crippen LogP contribution in [-0.4, -0.2) is 53.1 Å². The van der Waals surface area contributed by atoms with Gasteiger partial charge in [0.2, 0.25) is 0 Å². The normalized spacial score (nSPS) is 15.8. The van der Waals surface area contributed by atoms with Crippen LogP contribution in [0.5, 0.6) is 0 Å². The van der Waals surface area contributed by atoms with Gasteiger partial charge in [-0.05, 0) is 31.0 Å². The van der Waals surface area contributed by atoms with Gasteiger partial charge in [0.15, 0.2) is 0 Å². The maximum Gasteiger partial charge on any atom is 0.407 e. The zero-order chi connectivity index (χ0) is 15.5. The average molecular weight is 302 g/mol. The van der Waals surface area contributed by atoms with Crippen LogP contribution in [0.3, 0.4) is 0 Å². The molecule has 1 saturated heterocycles. The van der Waals surface area contributed by atoms with E-state index in [4.69, 9.17) is 0 Å². The highest BCUT2D eigenvalue weighted by atomic mass is 16.5. The number of likely N-dealkylation sites (tertiary alicyclic amines) is 1. The number of ether oxygens (including phenoxy) is 1. The first-order valence-electron chi connectivity index (χ1n) is 7.24. The summed E-state index contributed by atoms with van der Waals surface area (Å²) in [7, 11) is 1.35. The standard InChI is InChI=1S/C15H18N4O3/c1-22-15(21)18-11-4-6-19(7-5-11)14(20)10-2-3-12-13(8-10)17-9-16-12/h2-3,8-9,11H,4-7H2,1H3,(H,16,17)(H,18,21). The van der Waals surface area contributed by atoms with Crippen LogP contribution in [0.25, 0.3) is 11.0 Å². The summed E-state index contributed by atoms with van der Waals surface area (Å²) >= 11 is 0. The molecule has 1 aliphatic heterocycles. The largest absolute Gasteiger partial charge is 0.453 e. The minimum absolute atomic E-state index is 0.00742. The fourth-order valence-corrected chi connectivity index (χ4v) is 2.70. The van der Waals surface area contributed by atoms with Gasteiger partial charge in [0.1, 0.15) is 0 Å². The summed E-state index contributed by atoms with van der Waals surface area (Å²) < 4.78 is 4.59. The molecule has 1 aromatic heterocycles. The highest BCUT2D eigenvalue weighted by Crippen LogP contribution is 2.17. The highest BCUT2D eigenvalue weighted by molar-refractivity contribution is 5.97. The van der Waals surface area contributed by atoms with Gasteiger partial charge in [0.25, 0.3) is 5.91 Å². The number of fused-ring (bicyclic) bond motifs is 1. The number of benzene rings is 1. The minimum Gasteiger partial charge on any atom is -0.453 e. The quantitative estimate of drug-likeness (QED) is 0.880. The highest BCUT2D eigenvalue weighted by Gasteiger charge is 2.24. The van der Waals surface area contributed by atoms with E-state index in [9.17, 15) is 9.59 Å². The maximum absolute atomic E-state index is 12.5. The Bertz CT molecular complexity index is 689. The van der Waals surface area contributed by atoms with E-state index in [0.717, 1.165) is 23.9 Å². The van der Waals surface area contributed by atoms with Crippen molar-refractivity contribution in [1.29, 1.82) is 0 Å². The number of hydrogen-bond acceptors (Lipinski definition) is 4. The van der Waals surface area contributed by atoms with E-state index in [1.54, 1.807) is 12.4 Å². The number of nitrogens with one attached hydrogen (secondary N) is 2. The molecule has 116 valence electrons. The lowest BCUT2D eigenvalue weighted by molar-refractivity contribution is 0.0704. The Morgan fingerprint density at radius 1 is 1.36 bits per heavy atom. The Kier molecular flexibility index (Phi) is 3.95. The van der Waals surface area contributed by atoms with Gasteiger partial charge in [-0.25, -0.2) is 9.78 Å². The van der Waals surface area contributed by atoms with Gasteiger partial charge in [0.05, 0.1) is 24.5 Å². The van der Waals surface area contributed by atoms with Gasteiger partial charge in [-0.1, -0.05) is 0 Å². The van der Waals surface area contributed by atoms with E-state index in [1.165, 1.54) is 7.11 Å². The van der Waals surface area contributed by atoms with Crippen molar-refractivity contribution in [1.82, 2.24) is 20.2 Å². The molecule has 1 aromatic carbocycles. The molecule has 1 aliphatic rings. The Balaban J connectivity index is 1.63. The molecule has 2 amide bonds. The Hall–Kier alpha value is -2.57.